The Morgan fingerprint density at radius 3 is 3.11 bits per heavy atom. The van der Waals surface area contributed by atoms with Crippen molar-refractivity contribution in [1.29, 1.82) is 0 Å². The molecule has 5 nitrogen and oxygen atoms in total. The predicted molar refractivity (Wildman–Crippen MR) is 78.0 cm³/mol. The van der Waals surface area contributed by atoms with E-state index in [4.69, 9.17) is 11.6 Å². The van der Waals surface area contributed by atoms with E-state index in [0.29, 0.717) is 12.6 Å². The normalized spacial score (nSPS) is 18.5. The summed E-state index contributed by atoms with van der Waals surface area (Å²) >= 11 is 6.22. The van der Waals surface area contributed by atoms with Crippen LogP contribution in [0.3, 0.4) is 0 Å². The SMILES string of the molecule is C=CCn1ncc(N(CC)C2CCNC2)c(Cl)c1=O. The van der Waals surface area contributed by atoms with Gasteiger partial charge in [-0.05, 0) is 19.9 Å². The van der Waals surface area contributed by atoms with Gasteiger partial charge in [0.25, 0.3) is 5.56 Å². The highest BCUT2D eigenvalue weighted by atomic mass is 35.5. The molecule has 0 aliphatic carbocycles. The van der Waals surface area contributed by atoms with Gasteiger partial charge >= 0.3 is 0 Å². The topological polar surface area (TPSA) is 50.2 Å². The van der Waals surface area contributed by atoms with E-state index in [-0.39, 0.29) is 10.6 Å². The molecule has 1 aromatic heterocycles. The number of hydrogen-bond acceptors (Lipinski definition) is 4. The average Bonchev–Trinajstić information content (AvgIpc) is 2.92. The molecule has 0 amide bonds. The molecule has 104 valence electrons. The van der Waals surface area contributed by atoms with Crippen LogP contribution in [-0.4, -0.2) is 35.5 Å². The molecule has 1 fully saturated rings. The number of nitrogens with zero attached hydrogens (tertiary/aromatic N) is 3. The Kier molecular flexibility index (Phi) is 4.61. The average molecular weight is 283 g/mol. The number of nitrogens with one attached hydrogen (secondary N) is 1. The van der Waals surface area contributed by atoms with Crippen molar-refractivity contribution in [2.24, 2.45) is 0 Å². The summed E-state index contributed by atoms with van der Waals surface area (Å²) in [6, 6.07) is 0.374. The van der Waals surface area contributed by atoms with E-state index in [0.717, 1.165) is 31.7 Å². The van der Waals surface area contributed by atoms with Crippen molar-refractivity contribution in [2.75, 3.05) is 24.5 Å². The van der Waals surface area contributed by atoms with Gasteiger partial charge in [-0.1, -0.05) is 17.7 Å². The standard InChI is InChI=1S/C13H19ClN4O/c1-3-7-18-13(19)12(14)11(9-16-18)17(4-2)10-5-6-15-8-10/h3,9-10,15H,1,4-8H2,2H3. The Labute approximate surface area is 117 Å². The molecule has 1 aliphatic heterocycles. The van der Waals surface area contributed by atoms with Gasteiger partial charge in [0.2, 0.25) is 0 Å². The van der Waals surface area contributed by atoms with E-state index in [9.17, 15) is 4.79 Å². The van der Waals surface area contributed by atoms with Crippen LogP contribution in [0.5, 0.6) is 0 Å². The van der Waals surface area contributed by atoms with Crippen molar-refractivity contribution in [3.8, 4) is 0 Å². The molecule has 2 rings (SSSR count). The van der Waals surface area contributed by atoms with Crippen LogP contribution in [0.25, 0.3) is 0 Å². The summed E-state index contributed by atoms with van der Waals surface area (Å²) in [7, 11) is 0. The van der Waals surface area contributed by atoms with Crippen molar-refractivity contribution < 1.29 is 0 Å². The first-order valence-corrected chi connectivity index (χ1v) is 6.90. The Morgan fingerprint density at radius 2 is 2.53 bits per heavy atom. The molecule has 2 heterocycles. The maximum Gasteiger partial charge on any atom is 0.287 e. The molecule has 0 aromatic carbocycles. The molecule has 19 heavy (non-hydrogen) atoms. The van der Waals surface area contributed by atoms with E-state index >= 15 is 0 Å². The molecule has 0 saturated carbocycles. The van der Waals surface area contributed by atoms with Gasteiger partial charge in [0.15, 0.2) is 0 Å². The predicted octanol–water partition coefficient (Wildman–Crippen LogP) is 1.27. The number of allylic oxidation sites excluding steroid dienone is 1. The van der Waals surface area contributed by atoms with Gasteiger partial charge < -0.3 is 10.2 Å². The molecular formula is C13H19ClN4O. The van der Waals surface area contributed by atoms with Gasteiger partial charge in [0.05, 0.1) is 18.4 Å². The highest BCUT2D eigenvalue weighted by molar-refractivity contribution is 6.33. The summed E-state index contributed by atoms with van der Waals surface area (Å²) in [5.41, 5.74) is 0.464. The first-order chi connectivity index (χ1) is 9.19. The molecule has 1 atom stereocenters. The third-order valence-corrected chi connectivity index (χ3v) is 3.75. The van der Waals surface area contributed by atoms with E-state index in [1.54, 1.807) is 12.3 Å². The first-order valence-electron chi connectivity index (χ1n) is 6.53. The monoisotopic (exact) mass is 282 g/mol. The zero-order chi connectivity index (χ0) is 13.8. The largest absolute Gasteiger partial charge is 0.365 e. The van der Waals surface area contributed by atoms with E-state index in [1.807, 2.05) is 0 Å². The lowest BCUT2D eigenvalue weighted by Crippen LogP contribution is -2.38. The smallest absolute Gasteiger partial charge is 0.287 e. The van der Waals surface area contributed by atoms with Crippen LogP contribution in [0.15, 0.2) is 23.6 Å². The van der Waals surface area contributed by atoms with Gasteiger partial charge in [-0.3, -0.25) is 4.79 Å². The Bertz CT molecular complexity index is 508. The molecule has 0 radical (unpaired) electrons. The molecule has 1 saturated heterocycles. The lowest BCUT2D eigenvalue weighted by molar-refractivity contribution is 0.623. The zero-order valence-corrected chi connectivity index (χ0v) is 11.9. The minimum atomic E-state index is -0.261. The van der Waals surface area contributed by atoms with Crippen molar-refractivity contribution in [3.63, 3.8) is 0 Å². The van der Waals surface area contributed by atoms with Crippen LogP contribution in [0.1, 0.15) is 13.3 Å². The second-order valence-corrected chi connectivity index (χ2v) is 4.93. The van der Waals surface area contributed by atoms with Gasteiger partial charge in [0, 0.05) is 19.1 Å². The molecule has 1 unspecified atom stereocenters. The fraction of sp³-hybridized carbons (Fsp3) is 0.538. The maximum atomic E-state index is 12.1. The van der Waals surface area contributed by atoms with Crippen molar-refractivity contribution in [2.45, 2.75) is 25.9 Å². The molecule has 1 N–H and O–H groups in total. The second-order valence-electron chi connectivity index (χ2n) is 4.55. The third-order valence-electron chi connectivity index (χ3n) is 3.39. The summed E-state index contributed by atoms with van der Waals surface area (Å²) in [6.07, 6.45) is 4.36. The number of rotatable bonds is 5. The minimum absolute atomic E-state index is 0.241. The van der Waals surface area contributed by atoms with Gasteiger partial charge in [0.1, 0.15) is 5.02 Å². The summed E-state index contributed by atoms with van der Waals surface area (Å²) in [5, 5.41) is 7.72. The van der Waals surface area contributed by atoms with Gasteiger partial charge in [-0.15, -0.1) is 6.58 Å². The molecular weight excluding hydrogens is 264 g/mol. The summed E-state index contributed by atoms with van der Waals surface area (Å²) < 4.78 is 1.32. The molecule has 0 bridgehead atoms. The highest BCUT2D eigenvalue weighted by Crippen LogP contribution is 2.24. The fourth-order valence-electron chi connectivity index (χ4n) is 2.44. The number of hydrogen-bond donors (Lipinski definition) is 1. The van der Waals surface area contributed by atoms with Gasteiger partial charge in [-0.2, -0.15) is 5.10 Å². The summed E-state index contributed by atoms with van der Waals surface area (Å²) in [5.74, 6) is 0. The Morgan fingerprint density at radius 1 is 1.74 bits per heavy atom. The molecule has 6 heteroatoms. The molecule has 1 aromatic rings. The lowest BCUT2D eigenvalue weighted by Gasteiger charge is -2.29. The lowest BCUT2D eigenvalue weighted by atomic mass is 10.2. The highest BCUT2D eigenvalue weighted by Gasteiger charge is 2.24. The molecule has 0 spiro atoms. The van der Waals surface area contributed by atoms with Crippen molar-refractivity contribution in [1.82, 2.24) is 15.1 Å². The second kappa shape index (κ2) is 6.21. The maximum absolute atomic E-state index is 12.1. The third kappa shape index (κ3) is 2.82. The quantitative estimate of drug-likeness (QED) is 0.827. The van der Waals surface area contributed by atoms with Crippen molar-refractivity contribution >= 4 is 17.3 Å². The zero-order valence-electron chi connectivity index (χ0n) is 11.1. The minimum Gasteiger partial charge on any atom is -0.365 e. The van der Waals surface area contributed by atoms with Crippen molar-refractivity contribution in [3.05, 3.63) is 34.2 Å². The summed E-state index contributed by atoms with van der Waals surface area (Å²) in [6.45, 7) is 8.75. The fourth-order valence-corrected chi connectivity index (χ4v) is 2.69. The van der Waals surface area contributed by atoms with E-state index in [2.05, 4.69) is 28.8 Å². The Balaban J connectivity index is 2.35. The number of anilines is 1. The van der Waals surface area contributed by atoms with Crippen LogP contribution < -0.4 is 15.8 Å². The number of halogens is 1. The van der Waals surface area contributed by atoms with E-state index in [1.165, 1.54) is 4.68 Å². The van der Waals surface area contributed by atoms with E-state index < -0.39 is 0 Å². The van der Waals surface area contributed by atoms with Crippen LogP contribution in [0, 0.1) is 0 Å². The van der Waals surface area contributed by atoms with Crippen LogP contribution in [-0.2, 0) is 6.54 Å². The van der Waals surface area contributed by atoms with Crippen LogP contribution in [0.4, 0.5) is 5.69 Å². The van der Waals surface area contributed by atoms with Crippen LogP contribution >= 0.6 is 11.6 Å². The Hall–Kier alpha value is -1.33. The number of likely N-dealkylation sites (N-methyl/N-ethyl adjacent to an activating group) is 1. The summed E-state index contributed by atoms with van der Waals surface area (Å²) in [4.78, 5) is 14.2. The van der Waals surface area contributed by atoms with Crippen LogP contribution in [0.2, 0.25) is 5.02 Å². The van der Waals surface area contributed by atoms with Gasteiger partial charge in [-0.25, -0.2) is 4.68 Å². The first kappa shape index (κ1) is 14.1. The molecule has 1 aliphatic rings. The number of aromatic nitrogens is 2.